The number of primary amides is 1. The SMILES string of the molecule is CN(C)[C@@H]1C(=O)C(C(N)=O)=C(O)[C@@]2(O)C(=O)C3=C(O)c4c(O)ccc(Cl)c4[C@@](C)(O)[C@H]3C[C@@H]12.[Ca+2].[H-].[H-]. The van der Waals surface area contributed by atoms with Gasteiger partial charge in [0.05, 0.1) is 17.2 Å². The molecule has 1 saturated carbocycles. The number of benzene rings is 1. The van der Waals surface area contributed by atoms with Crippen molar-refractivity contribution in [2.75, 3.05) is 14.1 Å². The standard InChI is InChI=1S/C22H23ClN2O8.Ca.2H/c1-21(32)7-6-8-15(25(2)3)17(28)13(20(24)31)19(30)22(8,33)18(29)11(7)16(27)12-10(26)5-4-9(23)14(12)21;;;/h4-5,7-8,15,26-27,30,32-33H,6H2,1-3H3,(H2,24,31);;;/q;+2;2*-1/t7-,8-,15-,21-,22-;;;/m0.../s1. The van der Waals surface area contributed by atoms with Crippen LogP contribution in [0.3, 0.4) is 0 Å². The van der Waals surface area contributed by atoms with Crippen molar-refractivity contribution in [3.8, 4) is 5.75 Å². The topological polar surface area (TPSA) is 182 Å². The number of aliphatic hydroxyl groups excluding tert-OH is 2. The Bertz CT molecular complexity index is 1220. The molecule has 4 rings (SSSR count). The number of likely N-dealkylation sites (N-methyl/N-ethyl adjacent to an activating group) is 1. The van der Waals surface area contributed by atoms with E-state index in [0.717, 1.165) is 0 Å². The summed E-state index contributed by atoms with van der Waals surface area (Å²) in [5.74, 6) is -8.30. The number of aliphatic hydroxyl groups is 4. The minimum atomic E-state index is -2.78. The molecule has 1 aromatic carbocycles. The Morgan fingerprint density at radius 1 is 1.21 bits per heavy atom. The number of halogens is 1. The Morgan fingerprint density at radius 3 is 2.32 bits per heavy atom. The first-order valence-electron chi connectivity index (χ1n) is 10.1. The second kappa shape index (κ2) is 8.48. The normalized spacial score (nSPS) is 32.7. The predicted octanol–water partition coefficient (Wildman–Crippen LogP) is 0.127. The zero-order valence-corrected chi connectivity index (χ0v) is 21.6. The Kier molecular flexibility index (Phi) is 6.71. The number of fused-ring (bicyclic) bond motifs is 3. The van der Waals surface area contributed by atoms with Crippen LogP contribution in [0.1, 0.15) is 27.3 Å². The summed E-state index contributed by atoms with van der Waals surface area (Å²) in [7, 11) is 2.97. The second-order valence-electron chi connectivity index (χ2n) is 9.08. The molecule has 3 aliphatic rings. The number of nitrogens with two attached hydrogens (primary N) is 1. The number of hydrogen-bond acceptors (Lipinski definition) is 9. The summed E-state index contributed by atoms with van der Waals surface area (Å²) in [4.78, 5) is 40.1. The Labute approximate surface area is 232 Å². The molecule has 3 aliphatic carbocycles. The second-order valence-corrected chi connectivity index (χ2v) is 9.48. The largest absolute Gasteiger partial charge is 2.00 e. The van der Waals surface area contributed by atoms with E-state index in [1.54, 1.807) is 0 Å². The third-order valence-corrected chi connectivity index (χ3v) is 7.39. The summed E-state index contributed by atoms with van der Waals surface area (Å²) in [5, 5.41) is 55.2. The quantitative estimate of drug-likeness (QED) is 0.233. The Balaban J connectivity index is 0.00000216. The van der Waals surface area contributed by atoms with Crippen molar-refractivity contribution < 1.29 is 42.8 Å². The molecule has 12 heteroatoms. The monoisotopic (exact) mass is 520 g/mol. The van der Waals surface area contributed by atoms with Crippen LogP contribution >= 0.6 is 11.6 Å². The van der Waals surface area contributed by atoms with Crippen LogP contribution < -0.4 is 5.73 Å². The van der Waals surface area contributed by atoms with E-state index < -0.39 is 75.0 Å². The van der Waals surface area contributed by atoms with Crippen molar-refractivity contribution in [3.05, 3.63) is 45.2 Å². The smallest absolute Gasteiger partial charge is 1.00 e. The van der Waals surface area contributed by atoms with E-state index in [2.05, 4.69) is 0 Å². The molecule has 0 spiro atoms. The predicted molar refractivity (Wildman–Crippen MR) is 123 cm³/mol. The third kappa shape index (κ3) is 3.27. The van der Waals surface area contributed by atoms with Gasteiger partial charge >= 0.3 is 37.7 Å². The van der Waals surface area contributed by atoms with Crippen molar-refractivity contribution in [2.45, 2.75) is 30.6 Å². The number of phenols is 1. The summed E-state index contributed by atoms with van der Waals surface area (Å²) in [6.45, 7) is 1.34. The van der Waals surface area contributed by atoms with E-state index in [1.807, 2.05) is 0 Å². The van der Waals surface area contributed by atoms with Crippen LogP contribution in [0.15, 0.2) is 29.0 Å². The van der Waals surface area contributed by atoms with E-state index in [0.29, 0.717) is 0 Å². The maximum absolute atomic E-state index is 13.7. The van der Waals surface area contributed by atoms with Gasteiger partial charge in [0.15, 0.2) is 11.4 Å². The molecule has 7 N–H and O–H groups in total. The number of phenolic OH excluding ortho intramolecular Hbond substituents is 1. The fourth-order valence-electron chi connectivity index (χ4n) is 5.58. The first-order valence-corrected chi connectivity index (χ1v) is 10.5. The number of aromatic hydroxyl groups is 1. The summed E-state index contributed by atoms with van der Waals surface area (Å²) >= 11 is 6.28. The maximum atomic E-state index is 13.7. The van der Waals surface area contributed by atoms with Crippen molar-refractivity contribution in [1.82, 2.24) is 4.90 Å². The summed E-state index contributed by atoms with van der Waals surface area (Å²) < 4.78 is 0. The molecule has 0 aromatic heterocycles. The minimum absolute atomic E-state index is 0. The van der Waals surface area contributed by atoms with Gasteiger partial charge in [0.1, 0.15) is 22.8 Å². The first-order chi connectivity index (χ1) is 15.2. The van der Waals surface area contributed by atoms with Gasteiger partial charge in [-0.05, 0) is 39.6 Å². The van der Waals surface area contributed by atoms with Gasteiger partial charge in [-0.25, -0.2) is 0 Å². The molecule has 5 atom stereocenters. The number of ketones is 2. The van der Waals surface area contributed by atoms with Crippen molar-refractivity contribution >= 4 is 72.6 Å². The molecule has 1 amide bonds. The molecule has 1 aromatic rings. The van der Waals surface area contributed by atoms with Crippen LogP contribution in [0.4, 0.5) is 0 Å². The molecule has 0 heterocycles. The van der Waals surface area contributed by atoms with Crippen LogP contribution in [0.2, 0.25) is 5.02 Å². The van der Waals surface area contributed by atoms with Crippen molar-refractivity contribution in [2.24, 2.45) is 17.6 Å². The van der Waals surface area contributed by atoms with Gasteiger partial charge in [0.25, 0.3) is 5.91 Å². The molecular weight excluding hydrogens is 496 g/mol. The number of Topliss-reactive ketones (excluding diaryl/α,β-unsaturated/α-hetero) is 2. The fourth-order valence-corrected chi connectivity index (χ4v) is 5.93. The van der Waals surface area contributed by atoms with Crippen LogP contribution in [-0.4, -0.2) is 111 Å². The van der Waals surface area contributed by atoms with Gasteiger partial charge in [0, 0.05) is 28.0 Å². The fraction of sp³-hybridized carbons (Fsp3) is 0.409. The number of amides is 1. The number of hydrogen-bond donors (Lipinski definition) is 6. The van der Waals surface area contributed by atoms with Gasteiger partial charge in [-0.1, -0.05) is 11.6 Å². The average Bonchev–Trinajstić information content (AvgIpc) is 2.69. The maximum Gasteiger partial charge on any atom is 2.00 e. The number of carbonyl (C=O) groups excluding carboxylic acids is 3. The van der Waals surface area contributed by atoms with E-state index in [1.165, 1.54) is 38.1 Å². The Morgan fingerprint density at radius 2 is 1.79 bits per heavy atom. The Hall–Kier alpha value is -1.66. The zero-order chi connectivity index (χ0) is 24.8. The number of carbonyl (C=O) groups is 3. The summed E-state index contributed by atoms with van der Waals surface area (Å²) in [6.07, 6.45) is -0.259. The molecule has 180 valence electrons. The number of nitrogens with zero attached hydrogens (tertiary/aromatic N) is 1. The number of rotatable bonds is 2. The first kappa shape index (κ1) is 26.9. The molecule has 0 unspecified atom stereocenters. The molecule has 34 heavy (non-hydrogen) atoms. The summed E-state index contributed by atoms with van der Waals surface area (Å²) in [5.41, 5.74) is -1.10. The van der Waals surface area contributed by atoms with Crippen LogP contribution in [-0.2, 0) is 20.0 Å². The zero-order valence-electron chi connectivity index (χ0n) is 20.7. The van der Waals surface area contributed by atoms with E-state index in [-0.39, 0.29) is 63.2 Å². The van der Waals surface area contributed by atoms with Gasteiger partial charge in [0.2, 0.25) is 5.78 Å². The molecule has 1 fully saturated rings. The van der Waals surface area contributed by atoms with Crippen molar-refractivity contribution in [3.63, 3.8) is 0 Å². The minimum Gasteiger partial charge on any atom is -1.00 e. The molecule has 0 bridgehead atoms. The van der Waals surface area contributed by atoms with Crippen LogP contribution in [0, 0.1) is 11.8 Å². The molecule has 10 nitrogen and oxygen atoms in total. The van der Waals surface area contributed by atoms with Crippen LogP contribution in [0.25, 0.3) is 5.76 Å². The van der Waals surface area contributed by atoms with Gasteiger partial charge in [-0.15, -0.1) is 0 Å². The van der Waals surface area contributed by atoms with E-state index in [4.69, 9.17) is 17.3 Å². The van der Waals surface area contributed by atoms with Crippen LogP contribution in [0.5, 0.6) is 5.75 Å². The third-order valence-electron chi connectivity index (χ3n) is 7.07. The van der Waals surface area contributed by atoms with E-state index >= 15 is 0 Å². The van der Waals surface area contributed by atoms with E-state index in [9.17, 15) is 39.9 Å². The average molecular weight is 521 g/mol. The van der Waals surface area contributed by atoms with Gasteiger partial charge < -0.3 is 34.1 Å². The molecule has 0 aliphatic heterocycles. The van der Waals surface area contributed by atoms with Gasteiger partial charge in [-0.3, -0.25) is 19.3 Å². The van der Waals surface area contributed by atoms with Gasteiger partial charge in [-0.2, -0.15) is 0 Å². The molecule has 0 radical (unpaired) electrons. The van der Waals surface area contributed by atoms with Crippen molar-refractivity contribution in [1.29, 1.82) is 0 Å². The molecule has 0 saturated heterocycles. The molecular formula is C22H25CaClN2O8. The summed E-state index contributed by atoms with van der Waals surface area (Å²) in [6, 6.07) is 1.24.